The summed E-state index contributed by atoms with van der Waals surface area (Å²) in [6, 6.07) is 13.7. The first-order valence-electron chi connectivity index (χ1n) is 8.46. The third-order valence-corrected chi connectivity index (χ3v) is 4.09. The summed E-state index contributed by atoms with van der Waals surface area (Å²) in [5.41, 5.74) is 3.16. The molecule has 3 rings (SSSR count). The maximum Gasteiger partial charge on any atom is 0.231 e. The Hall–Kier alpha value is -2.69. The van der Waals surface area contributed by atoms with Crippen molar-refractivity contribution in [1.82, 2.24) is 0 Å². The predicted molar refractivity (Wildman–Crippen MR) is 99.4 cm³/mol. The predicted octanol–water partition coefficient (Wildman–Crippen LogP) is 4.15. The fourth-order valence-corrected chi connectivity index (χ4v) is 2.61. The van der Waals surface area contributed by atoms with Crippen molar-refractivity contribution in [3.05, 3.63) is 48.0 Å². The standard InChI is InChI=1S/C20H24N2O3/c1-20(2,3)14-4-6-15(7-5-14)21-11-10-19(23)22-16-8-9-17-18(12-16)25-13-24-17/h4-9,12,21H,10-11,13H2,1-3H3,(H,22,23). The Morgan fingerprint density at radius 3 is 2.40 bits per heavy atom. The van der Waals surface area contributed by atoms with Crippen molar-refractivity contribution >= 4 is 17.3 Å². The van der Waals surface area contributed by atoms with E-state index in [2.05, 4.69) is 55.7 Å². The molecule has 0 saturated carbocycles. The summed E-state index contributed by atoms with van der Waals surface area (Å²) < 4.78 is 10.6. The monoisotopic (exact) mass is 340 g/mol. The van der Waals surface area contributed by atoms with E-state index in [1.54, 1.807) is 12.1 Å². The average molecular weight is 340 g/mol. The van der Waals surface area contributed by atoms with Gasteiger partial charge in [-0.15, -0.1) is 0 Å². The molecule has 2 N–H and O–H groups in total. The Bertz CT molecular complexity index is 749. The first kappa shape index (κ1) is 17.1. The van der Waals surface area contributed by atoms with E-state index < -0.39 is 0 Å². The molecule has 25 heavy (non-hydrogen) atoms. The molecule has 0 saturated heterocycles. The maximum atomic E-state index is 12.1. The highest BCUT2D eigenvalue weighted by molar-refractivity contribution is 5.91. The molecule has 0 fully saturated rings. The molecule has 0 atom stereocenters. The van der Waals surface area contributed by atoms with Gasteiger partial charge in [-0.25, -0.2) is 0 Å². The topological polar surface area (TPSA) is 59.6 Å². The van der Waals surface area contributed by atoms with Gasteiger partial charge in [-0.1, -0.05) is 32.9 Å². The Kier molecular flexibility index (Phi) is 4.83. The van der Waals surface area contributed by atoms with Gasteiger partial charge in [0.05, 0.1) is 0 Å². The molecule has 0 spiro atoms. The molecule has 1 amide bonds. The van der Waals surface area contributed by atoms with Gasteiger partial charge in [-0.05, 0) is 35.2 Å². The highest BCUT2D eigenvalue weighted by Gasteiger charge is 2.14. The molecule has 1 heterocycles. The number of rotatable bonds is 5. The third-order valence-electron chi connectivity index (χ3n) is 4.09. The number of hydrogen-bond donors (Lipinski definition) is 2. The van der Waals surface area contributed by atoms with Gasteiger partial charge < -0.3 is 20.1 Å². The second kappa shape index (κ2) is 7.05. The van der Waals surface area contributed by atoms with Crippen molar-refractivity contribution in [3.63, 3.8) is 0 Å². The number of amides is 1. The highest BCUT2D eigenvalue weighted by Crippen LogP contribution is 2.34. The van der Waals surface area contributed by atoms with E-state index in [4.69, 9.17) is 9.47 Å². The van der Waals surface area contributed by atoms with E-state index >= 15 is 0 Å². The van der Waals surface area contributed by atoms with Crippen LogP contribution in [0.4, 0.5) is 11.4 Å². The Labute approximate surface area is 148 Å². The quantitative estimate of drug-likeness (QED) is 0.858. The van der Waals surface area contributed by atoms with E-state index in [1.807, 2.05) is 6.07 Å². The lowest BCUT2D eigenvalue weighted by Gasteiger charge is -2.19. The second-order valence-electron chi connectivity index (χ2n) is 7.12. The van der Waals surface area contributed by atoms with Crippen LogP contribution in [0, 0.1) is 0 Å². The molecule has 0 unspecified atom stereocenters. The minimum Gasteiger partial charge on any atom is -0.454 e. The second-order valence-corrected chi connectivity index (χ2v) is 7.12. The normalized spacial score (nSPS) is 12.8. The molecule has 5 heteroatoms. The molecule has 0 aromatic heterocycles. The van der Waals surface area contributed by atoms with E-state index in [0.717, 1.165) is 5.69 Å². The largest absolute Gasteiger partial charge is 0.454 e. The minimum absolute atomic E-state index is 0.0438. The first-order valence-corrected chi connectivity index (χ1v) is 8.46. The number of benzene rings is 2. The fourth-order valence-electron chi connectivity index (χ4n) is 2.61. The number of carbonyl (C=O) groups is 1. The van der Waals surface area contributed by atoms with Gasteiger partial charge in [-0.2, -0.15) is 0 Å². The zero-order valence-corrected chi connectivity index (χ0v) is 14.9. The third kappa shape index (κ3) is 4.44. The lowest BCUT2D eigenvalue weighted by atomic mass is 9.87. The van der Waals surface area contributed by atoms with Gasteiger partial charge in [0.25, 0.3) is 0 Å². The van der Waals surface area contributed by atoms with Crippen LogP contribution in [0.15, 0.2) is 42.5 Å². The van der Waals surface area contributed by atoms with E-state index in [-0.39, 0.29) is 18.1 Å². The Morgan fingerprint density at radius 2 is 1.68 bits per heavy atom. The van der Waals surface area contributed by atoms with Crippen LogP contribution >= 0.6 is 0 Å². The summed E-state index contributed by atoms with van der Waals surface area (Å²) >= 11 is 0. The SMILES string of the molecule is CC(C)(C)c1ccc(NCCC(=O)Nc2ccc3c(c2)OCO3)cc1. The van der Waals surface area contributed by atoms with Crippen molar-refractivity contribution in [1.29, 1.82) is 0 Å². The molecule has 1 aliphatic rings. The zero-order chi connectivity index (χ0) is 17.9. The minimum atomic E-state index is -0.0438. The van der Waals surface area contributed by atoms with E-state index in [9.17, 15) is 4.79 Å². The summed E-state index contributed by atoms with van der Waals surface area (Å²) in [7, 11) is 0. The lowest BCUT2D eigenvalue weighted by molar-refractivity contribution is -0.115. The number of hydrogen-bond acceptors (Lipinski definition) is 4. The molecule has 0 radical (unpaired) electrons. The van der Waals surface area contributed by atoms with Gasteiger partial charge in [-0.3, -0.25) is 4.79 Å². The molecule has 2 aromatic carbocycles. The molecule has 0 aliphatic carbocycles. The summed E-state index contributed by atoms with van der Waals surface area (Å²) in [5.74, 6) is 1.32. The molecule has 5 nitrogen and oxygen atoms in total. The summed E-state index contributed by atoms with van der Waals surface area (Å²) in [6.07, 6.45) is 0.384. The van der Waals surface area contributed by atoms with Crippen LogP contribution in [0.1, 0.15) is 32.8 Å². The van der Waals surface area contributed by atoms with Crippen LogP contribution in [0.5, 0.6) is 11.5 Å². The van der Waals surface area contributed by atoms with Gasteiger partial charge in [0.15, 0.2) is 11.5 Å². The van der Waals surface area contributed by atoms with Crippen molar-refractivity contribution in [2.75, 3.05) is 24.0 Å². The molecule has 132 valence electrons. The molecule has 0 bridgehead atoms. The molecule has 1 aliphatic heterocycles. The maximum absolute atomic E-state index is 12.1. The summed E-state index contributed by atoms with van der Waals surface area (Å²) in [5, 5.41) is 6.15. The van der Waals surface area contributed by atoms with Gasteiger partial charge >= 0.3 is 0 Å². The first-order chi connectivity index (χ1) is 11.9. The van der Waals surface area contributed by atoms with Crippen LogP contribution in [0.25, 0.3) is 0 Å². The van der Waals surface area contributed by atoms with Crippen molar-refractivity contribution in [2.24, 2.45) is 0 Å². The van der Waals surface area contributed by atoms with Gasteiger partial charge in [0, 0.05) is 30.4 Å². The van der Waals surface area contributed by atoms with E-state index in [0.29, 0.717) is 30.2 Å². The number of ether oxygens (including phenoxy) is 2. The summed E-state index contributed by atoms with van der Waals surface area (Å²) in [4.78, 5) is 12.1. The van der Waals surface area contributed by atoms with E-state index in [1.165, 1.54) is 5.56 Å². The van der Waals surface area contributed by atoms with Crippen LogP contribution in [0.3, 0.4) is 0 Å². The summed E-state index contributed by atoms with van der Waals surface area (Å²) in [6.45, 7) is 7.37. The number of fused-ring (bicyclic) bond motifs is 1. The molecular weight excluding hydrogens is 316 g/mol. The zero-order valence-electron chi connectivity index (χ0n) is 14.9. The average Bonchev–Trinajstić information content (AvgIpc) is 3.02. The van der Waals surface area contributed by atoms with Crippen LogP contribution in [0.2, 0.25) is 0 Å². The van der Waals surface area contributed by atoms with Crippen LogP contribution in [-0.4, -0.2) is 19.2 Å². The van der Waals surface area contributed by atoms with Crippen LogP contribution in [-0.2, 0) is 10.2 Å². The van der Waals surface area contributed by atoms with Crippen molar-refractivity contribution in [2.45, 2.75) is 32.6 Å². The fraction of sp³-hybridized carbons (Fsp3) is 0.350. The van der Waals surface area contributed by atoms with Crippen molar-refractivity contribution in [3.8, 4) is 11.5 Å². The van der Waals surface area contributed by atoms with Crippen molar-refractivity contribution < 1.29 is 14.3 Å². The van der Waals surface area contributed by atoms with Crippen LogP contribution < -0.4 is 20.1 Å². The Balaban J connectivity index is 1.46. The smallest absolute Gasteiger partial charge is 0.231 e. The van der Waals surface area contributed by atoms with Gasteiger partial charge in [0.1, 0.15) is 0 Å². The lowest BCUT2D eigenvalue weighted by Crippen LogP contribution is -2.16. The molecular formula is C20H24N2O3. The number of nitrogens with one attached hydrogen (secondary N) is 2. The molecule has 2 aromatic rings. The van der Waals surface area contributed by atoms with Gasteiger partial charge in [0.2, 0.25) is 12.7 Å². The highest BCUT2D eigenvalue weighted by atomic mass is 16.7. The number of carbonyl (C=O) groups excluding carboxylic acids is 1. The number of anilines is 2. The Morgan fingerprint density at radius 1 is 1.00 bits per heavy atom.